The zero-order valence-electron chi connectivity index (χ0n) is 16.5. The van der Waals surface area contributed by atoms with Crippen LogP contribution in [0.5, 0.6) is 11.5 Å². The predicted molar refractivity (Wildman–Crippen MR) is 113 cm³/mol. The second kappa shape index (κ2) is 10.1. The summed E-state index contributed by atoms with van der Waals surface area (Å²) in [6.45, 7) is 0.0764. The van der Waals surface area contributed by atoms with Crippen molar-refractivity contribution in [3.8, 4) is 11.5 Å². The molecule has 0 heterocycles. The van der Waals surface area contributed by atoms with E-state index in [0.29, 0.717) is 11.4 Å². The van der Waals surface area contributed by atoms with Crippen molar-refractivity contribution in [3.05, 3.63) is 90.2 Å². The second-order valence-corrected chi connectivity index (χ2v) is 6.52. The maximum absolute atomic E-state index is 12.9. The Hall–Kier alpha value is -3.87. The molecule has 0 fully saturated rings. The standard InChI is InChI=1S/C23H22FN3O3/c1-27(19-11-13-21(14-12-19)30-20-5-3-2-4-6-20)22(28)16-26-23(29)25-15-17-7-9-18(24)10-8-17/h2-14H,15-16H2,1H3,(H2,25,26,29). The number of rotatable bonds is 7. The minimum Gasteiger partial charge on any atom is -0.457 e. The van der Waals surface area contributed by atoms with Gasteiger partial charge in [0, 0.05) is 19.3 Å². The van der Waals surface area contributed by atoms with Crippen molar-refractivity contribution in [3.63, 3.8) is 0 Å². The summed E-state index contributed by atoms with van der Waals surface area (Å²) in [4.78, 5) is 25.7. The Morgan fingerprint density at radius 2 is 1.50 bits per heavy atom. The number of anilines is 1. The van der Waals surface area contributed by atoms with Gasteiger partial charge in [-0.2, -0.15) is 0 Å². The largest absolute Gasteiger partial charge is 0.457 e. The van der Waals surface area contributed by atoms with E-state index in [0.717, 1.165) is 11.3 Å². The lowest BCUT2D eigenvalue weighted by Gasteiger charge is -2.18. The molecule has 0 unspecified atom stereocenters. The van der Waals surface area contributed by atoms with E-state index >= 15 is 0 Å². The zero-order chi connectivity index (χ0) is 21.3. The summed E-state index contributed by atoms with van der Waals surface area (Å²) in [6.07, 6.45) is 0. The highest BCUT2D eigenvalue weighted by molar-refractivity contribution is 5.96. The first kappa shape index (κ1) is 20.9. The van der Waals surface area contributed by atoms with E-state index in [-0.39, 0.29) is 24.8 Å². The molecule has 0 aliphatic heterocycles. The van der Waals surface area contributed by atoms with Gasteiger partial charge in [0.05, 0.1) is 6.54 Å². The van der Waals surface area contributed by atoms with E-state index in [4.69, 9.17) is 4.74 Å². The molecule has 7 heteroatoms. The zero-order valence-corrected chi connectivity index (χ0v) is 16.5. The Kier molecular flexibility index (Phi) is 7.00. The van der Waals surface area contributed by atoms with E-state index in [1.54, 1.807) is 43.4 Å². The summed E-state index contributed by atoms with van der Waals surface area (Å²) in [5, 5.41) is 5.14. The van der Waals surface area contributed by atoms with Crippen LogP contribution < -0.4 is 20.3 Å². The molecule has 3 rings (SSSR count). The Balaban J connectivity index is 1.45. The normalized spacial score (nSPS) is 10.2. The maximum Gasteiger partial charge on any atom is 0.315 e. The molecule has 0 saturated heterocycles. The van der Waals surface area contributed by atoms with E-state index < -0.39 is 6.03 Å². The third kappa shape index (κ3) is 6.07. The minimum absolute atomic E-state index is 0.159. The molecular formula is C23H22FN3O3. The van der Waals surface area contributed by atoms with Crippen LogP contribution in [-0.2, 0) is 11.3 Å². The summed E-state index contributed by atoms with van der Waals surface area (Å²) in [6, 6.07) is 21.8. The van der Waals surface area contributed by atoms with Crippen molar-refractivity contribution in [2.75, 3.05) is 18.5 Å². The molecule has 30 heavy (non-hydrogen) atoms. The fourth-order valence-electron chi connectivity index (χ4n) is 2.63. The van der Waals surface area contributed by atoms with Crippen molar-refractivity contribution in [2.45, 2.75) is 6.54 Å². The first-order valence-electron chi connectivity index (χ1n) is 9.37. The number of benzene rings is 3. The van der Waals surface area contributed by atoms with Crippen LogP contribution in [0.3, 0.4) is 0 Å². The van der Waals surface area contributed by atoms with Gasteiger partial charge in [-0.3, -0.25) is 4.79 Å². The molecule has 0 aromatic heterocycles. The highest BCUT2D eigenvalue weighted by Gasteiger charge is 2.12. The van der Waals surface area contributed by atoms with Crippen LogP contribution in [0.4, 0.5) is 14.9 Å². The number of amides is 3. The van der Waals surface area contributed by atoms with E-state index in [1.165, 1.54) is 17.0 Å². The van der Waals surface area contributed by atoms with Crippen LogP contribution in [0, 0.1) is 5.82 Å². The van der Waals surface area contributed by atoms with Crippen molar-refractivity contribution < 1.29 is 18.7 Å². The van der Waals surface area contributed by atoms with Gasteiger partial charge >= 0.3 is 6.03 Å². The van der Waals surface area contributed by atoms with Gasteiger partial charge in [-0.05, 0) is 54.1 Å². The van der Waals surface area contributed by atoms with Crippen LogP contribution >= 0.6 is 0 Å². The van der Waals surface area contributed by atoms with Crippen molar-refractivity contribution >= 4 is 17.6 Å². The molecule has 2 N–H and O–H groups in total. The molecule has 0 atom stereocenters. The van der Waals surface area contributed by atoms with Crippen LogP contribution in [0.15, 0.2) is 78.9 Å². The number of carbonyl (C=O) groups is 2. The molecule has 154 valence electrons. The smallest absolute Gasteiger partial charge is 0.315 e. The molecule has 3 aromatic rings. The Bertz CT molecular complexity index is 977. The number of nitrogens with zero attached hydrogens (tertiary/aromatic N) is 1. The third-order valence-corrected chi connectivity index (χ3v) is 4.34. The van der Waals surface area contributed by atoms with Gasteiger partial charge in [0.15, 0.2) is 0 Å². The van der Waals surface area contributed by atoms with Crippen molar-refractivity contribution in [2.24, 2.45) is 0 Å². The lowest BCUT2D eigenvalue weighted by Crippen LogP contribution is -2.42. The Morgan fingerprint density at radius 1 is 0.867 bits per heavy atom. The molecule has 0 aliphatic rings. The fraction of sp³-hybridized carbons (Fsp3) is 0.130. The number of para-hydroxylation sites is 1. The van der Waals surface area contributed by atoms with Gasteiger partial charge in [-0.1, -0.05) is 30.3 Å². The lowest BCUT2D eigenvalue weighted by molar-refractivity contribution is -0.117. The van der Waals surface area contributed by atoms with Gasteiger partial charge in [0.1, 0.15) is 17.3 Å². The average Bonchev–Trinajstić information content (AvgIpc) is 2.78. The molecule has 3 aromatic carbocycles. The predicted octanol–water partition coefficient (Wildman–Crippen LogP) is 4.08. The summed E-state index contributed by atoms with van der Waals surface area (Å²) < 4.78 is 18.6. The minimum atomic E-state index is -0.479. The number of likely N-dealkylation sites (N-methyl/N-ethyl adjacent to an activating group) is 1. The van der Waals surface area contributed by atoms with E-state index in [1.807, 2.05) is 30.3 Å². The molecule has 0 saturated carbocycles. The van der Waals surface area contributed by atoms with Gasteiger partial charge in [-0.25, -0.2) is 9.18 Å². The molecule has 6 nitrogen and oxygen atoms in total. The molecule has 0 aliphatic carbocycles. The number of ether oxygens (including phenoxy) is 1. The number of hydrogen-bond acceptors (Lipinski definition) is 3. The Morgan fingerprint density at radius 3 is 2.17 bits per heavy atom. The molecule has 0 bridgehead atoms. The Labute approximate surface area is 174 Å². The molecule has 0 spiro atoms. The highest BCUT2D eigenvalue weighted by atomic mass is 19.1. The van der Waals surface area contributed by atoms with Crippen LogP contribution in [0.1, 0.15) is 5.56 Å². The van der Waals surface area contributed by atoms with E-state index in [2.05, 4.69) is 10.6 Å². The van der Waals surface area contributed by atoms with Gasteiger partial charge in [0.2, 0.25) is 5.91 Å². The summed E-state index contributed by atoms with van der Waals surface area (Å²) >= 11 is 0. The highest BCUT2D eigenvalue weighted by Crippen LogP contribution is 2.23. The van der Waals surface area contributed by atoms with E-state index in [9.17, 15) is 14.0 Å². The van der Waals surface area contributed by atoms with Crippen LogP contribution in [0.2, 0.25) is 0 Å². The van der Waals surface area contributed by atoms with Crippen molar-refractivity contribution in [1.29, 1.82) is 0 Å². The summed E-state index contributed by atoms with van der Waals surface area (Å²) in [7, 11) is 1.63. The number of hydrogen-bond donors (Lipinski definition) is 2. The van der Waals surface area contributed by atoms with Gasteiger partial charge in [0.25, 0.3) is 0 Å². The van der Waals surface area contributed by atoms with Gasteiger partial charge < -0.3 is 20.3 Å². The van der Waals surface area contributed by atoms with Crippen LogP contribution in [-0.4, -0.2) is 25.5 Å². The third-order valence-electron chi connectivity index (χ3n) is 4.34. The SMILES string of the molecule is CN(C(=O)CNC(=O)NCc1ccc(F)cc1)c1ccc(Oc2ccccc2)cc1. The number of urea groups is 1. The molecular weight excluding hydrogens is 385 g/mol. The molecule has 0 radical (unpaired) electrons. The molecule has 3 amide bonds. The van der Waals surface area contributed by atoms with Gasteiger partial charge in [-0.15, -0.1) is 0 Å². The topological polar surface area (TPSA) is 70.7 Å². The quantitative estimate of drug-likeness (QED) is 0.620. The monoisotopic (exact) mass is 407 g/mol. The number of halogens is 1. The number of carbonyl (C=O) groups excluding carboxylic acids is 2. The fourth-order valence-corrected chi connectivity index (χ4v) is 2.63. The maximum atomic E-state index is 12.9. The lowest BCUT2D eigenvalue weighted by atomic mass is 10.2. The van der Waals surface area contributed by atoms with Crippen molar-refractivity contribution in [1.82, 2.24) is 10.6 Å². The first-order chi connectivity index (χ1) is 14.5. The average molecular weight is 407 g/mol. The second-order valence-electron chi connectivity index (χ2n) is 6.52. The summed E-state index contributed by atoms with van der Waals surface area (Å²) in [5.41, 5.74) is 1.43. The number of nitrogens with one attached hydrogen (secondary N) is 2. The van der Waals surface area contributed by atoms with Crippen LogP contribution in [0.25, 0.3) is 0 Å². The summed E-state index contributed by atoms with van der Waals surface area (Å²) in [5.74, 6) is 0.773. The first-order valence-corrected chi connectivity index (χ1v) is 9.37.